The van der Waals surface area contributed by atoms with Gasteiger partial charge in [0.1, 0.15) is 11.8 Å². The zero-order valence-electron chi connectivity index (χ0n) is 19.6. The van der Waals surface area contributed by atoms with E-state index in [0.717, 1.165) is 19.0 Å². The van der Waals surface area contributed by atoms with E-state index in [0.29, 0.717) is 23.7 Å². The van der Waals surface area contributed by atoms with E-state index >= 15 is 0 Å². The molecule has 2 heterocycles. The normalized spacial score (nSPS) is 19.0. The lowest BCUT2D eigenvalue weighted by Gasteiger charge is -2.19. The fraction of sp³-hybridized carbons (Fsp3) is 0.280. The summed E-state index contributed by atoms with van der Waals surface area (Å²) in [5.74, 6) is -4.21. The summed E-state index contributed by atoms with van der Waals surface area (Å²) in [6.45, 7) is 0.741. The molecule has 37 heavy (non-hydrogen) atoms. The number of thioether (sulfide) groups is 1. The molecule has 0 saturated carbocycles. The fourth-order valence-corrected chi connectivity index (χ4v) is 4.54. The van der Waals surface area contributed by atoms with Gasteiger partial charge in [-0.25, -0.2) is 9.18 Å². The highest BCUT2D eigenvalue weighted by molar-refractivity contribution is 8.18. The monoisotopic (exact) mass is 531 g/mol. The number of amides is 3. The van der Waals surface area contributed by atoms with E-state index in [9.17, 15) is 28.0 Å². The number of hydrogen-bond acceptors (Lipinski definition) is 8. The van der Waals surface area contributed by atoms with E-state index in [-0.39, 0.29) is 40.3 Å². The molecule has 2 fully saturated rings. The lowest BCUT2D eigenvalue weighted by Crippen LogP contribution is -2.49. The zero-order chi connectivity index (χ0) is 26.5. The molecule has 2 atom stereocenters. The summed E-state index contributed by atoms with van der Waals surface area (Å²) in [5, 5.41) is 7.24. The molecule has 2 aromatic rings. The topological polar surface area (TPSA) is 123 Å². The van der Waals surface area contributed by atoms with Crippen LogP contribution in [0, 0.1) is 11.6 Å². The molecule has 3 amide bonds. The van der Waals surface area contributed by atoms with Gasteiger partial charge < -0.3 is 20.1 Å². The fourth-order valence-electron chi connectivity index (χ4n) is 3.87. The Morgan fingerprint density at radius 1 is 1.16 bits per heavy atom. The number of esters is 1. The summed E-state index contributed by atoms with van der Waals surface area (Å²) in [5.41, 5.74) is 0.467. The maximum absolute atomic E-state index is 14.6. The molecule has 2 aliphatic heterocycles. The first-order valence-corrected chi connectivity index (χ1v) is 12.2. The van der Waals surface area contributed by atoms with Crippen molar-refractivity contribution in [3.63, 3.8) is 0 Å². The minimum absolute atomic E-state index is 0.0477. The molecule has 2 aromatic carbocycles. The van der Waals surface area contributed by atoms with E-state index in [4.69, 9.17) is 9.47 Å². The van der Waals surface area contributed by atoms with Crippen LogP contribution in [0.5, 0.6) is 11.5 Å². The lowest BCUT2D eigenvalue weighted by atomic mass is 10.0. The molecule has 4 rings (SSSR count). The Morgan fingerprint density at radius 3 is 2.54 bits per heavy atom. The van der Waals surface area contributed by atoms with Crippen molar-refractivity contribution >= 4 is 40.9 Å². The zero-order valence-corrected chi connectivity index (χ0v) is 20.5. The molecule has 0 radical (unpaired) electrons. The standard InChI is InChI=1S/C25H23F2N3O6S/c1-35-24(33)17(29-22(31)16-3-2-10-28-16)11-13-4-7-15(8-5-13)36-18-9-6-14(20(26)21(18)27)12-19-23(32)30-25(34)37-19/h4-9,12,16-17,28H,2-3,10-11H2,1H3,(H,29,31)(H,30,32,34)/b19-12+. The third-order valence-corrected chi connectivity index (χ3v) is 6.59. The Labute approximate surface area is 215 Å². The van der Waals surface area contributed by atoms with Gasteiger partial charge in [-0.15, -0.1) is 0 Å². The maximum Gasteiger partial charge on any atom is 0.328 e. The van der Waals surface area contributed by atoms with Gasteiger partial charge in [-0.1, -0.05) is 12.1 Å². The molecule has 9 nitrogen and oxygen atoms in total. The molecule has 0 spiro atoms. The molecule has 0 aliphatic carbocycles. The number of carbonyl (C=O) groups excluding carboxylic acids is 4. The van der Waals surface area contributed by atoms with E-state index in [1.54, 1.807) is 12.1 Å². The molecular formula is C25H23F2N3O6S. The molecule has 194 valence electrons. The first-order valence-electron chi connectivity index (χ1n) is 11.4. The highest BCUT2D eigenvalue weighted by Gasteiger charge is 2.28. The number of nitrogens with one attached hydrogen (secondary N) is 3. The SMILES string of the molecule is COC(=O)C(Cc1ccc(Oc2ccc(/C=C3/SC(=O)NC3=O)c(F)c2F)cc1)NC(=O)C1CCCN1. The average molecular weight is 532 g/mol. The van der Waals surface area contributed by atoms with Gasteiger partial charge in [-0.05, 0) is 67.1 Å². The molecule has 2 unspecified atom stereocenters. The minimum atomic E-state index is -1.26. The van der Waals surface area contributed by atoms with Gasteiger partial charge in [0, 0.05) is 12.0 Å². The van der Waals surface area contributed by atoms with Crippen LogP contribution in [0.2, 0.25) is 0 Å². The molecule has 0 bridgehead atoms. The van der Waals surface area contributed by atoms with Crippen LogP contribution >= 0.6 is 11.8 Å². The number of carbonyl (C=O) groups is 4. The van der Waals surface area contributed by atoms with Crippen LogP contribution in [0.1, 0.15) is 24.0 Å². The lowest BCUT2D eigenvalue weighted by molar-refractivity contribution is -0.145. The number of halogens is 2. The van der Waals surface area contributed by atoms with Gasteiger partial charge in [0.15, 0.2) is 11.6 Å². The van der Waals surface area contributed by atoms with Crippen LogP contribution in [0.3, 0.4) is 0 Å². The van der Waals surface area contributed by atoms with Gasteiger partial charge >= 0.3 is 5.97 Å². The average Bonchev–Trinajstić information content (AvgIpc) is 3.53. The summed E-state index contributed by atoms with van der Waals surface area (Å²) < 4.78 is 39.5. The summed E-state index contributed by atoms with van der Waals surface area (Å²) in [6.07, 6.45) is 2.81. The number of hydrogen-bond donors (Lipinski definition) is 3. The van der Waals surface area contributed by atoms with Crippen molar-refractivity contribution in [2.75, 3.05) is 13.7 Å². The van der Waals surface area contributed by atoms with Crippen LogP contribution in [0.4, 0.5) is 13.6 Å². The van der Waals surface area contributed by atoms with Crippen LogP contribution < -0.4 is 20.7 Å². The van der Waals surface area contributed by atoms with Crippen molar-refractivity contribution in [3.05, 3.63) is 64.1 Å². The number of imide groups is 1. The van der Waals surface area contributed by atoms with E-state index in [2.05, 4.69) is 10.6 Å². The maximum atomic E-state index is 14.6. The summed E-state index contributed by atoms with van der Waals surface area (Å²) in [6, 6.07) is 7.49. The van der Waals surface area contributed by atoms with E-state index in [1.807, 2.05) is 5.32 Å². The number of benzene rings is 2. The second kappa shape index (κ2) is 11.5. The molecule has 0 aromatic heterocycles. The summed E-state index contributed by atoms with van der Waals surface area (Å²) in [4.78, 5) is 47.5. The third kappa shape index (κ3) is 6.33. The first kappa shape index (κ1) is 26.3. The van der Waals surface area contributed by atoms with Gasteiger partial charge in [-0.3, -0.25) is 19.7 Å². The number of rotatable bonds is 8. The third-order valence-electron chi connectivity index (χ3n) is 5.78. The van der Waals surface area contributed by atoms with Crippen molar-refractivity contribution in [3.8, 4) is 11.5 Å². The Kier molecular flexibility index (Phi) is 8.19. The summed E-state index contributed by atoms with van der Waals surface area (Å²) in [7, 11) is 1.24. The number of methoxy groups -OCH3 is 1. The van der Waals surface area contributed by atoms with Crippen LogP contribution in [0.15, 0.2) is 41.3 Å². The highest BCUT2D eigenvalue weighted by Crippen LogP contribution is 2.31. The van der Waals surface area contributed by atoms with Gasteiger partial charge in [0.05, 0.1) is 18.1 Å². The van der Waals surface area contributed by atoms with Gasteiger partial charge in [0.25, 0.3) is 11.1 Å². The Bertz CT molecular complexity index is 1260. The molecule has 12 heteroatoms. The Balaban J connectivity index is 1.43. The van der Waals surface area contributed by atoms with Gasteiger partial charge in [0.2, 0.25) is 11.7 Å². The number of ether oxygens (including phenoxy) is 2. The second-order valence-corrected chi connectivity index (χ2v) is 9.33. The second-order valence-electron chi connectivity index (χ2n) is 8.32. The van der Waals surface area contributed by atoms with E-state index in [1.165, 1.54) is 31.4 Å². The van der Waals surface area contributed by atoms with Gasteiger partial charge in [-0.2, -0.15) is 4.39 Å². The molecule has 2 saturated heterocycles. The predicted molar refractivity (Wildman–Crippen MR) is 131 cm³/mol. The molecular weight excluding hydrogens is 508 g/mol. The van der Waals surface area contributed by atoms with Crippen LogP contribution in [-0.4, -0.2) is 48.8 Å². The summed E-state index contributed by atoms with van der Waals surface area (Å²) >= 11 is 0.594. The van der Waals surface area contributed by atoms with Crippen molar-refractivity contribution in [2.24, 2.45) is 0 Å². The molecule has 2 aliphatic rings. The quantitative estimate of drug-likeness (QED) is 0.351. The van der Waals surface area contributed by atoms with Crippen molar-refractivity contribution in [1.29, 1.82) is 0 Å². The van der Waals surface area contributed by atoms with Crippen molar-refractivity contribution in [1.82, 2.24) is 16.0 Å². The smallest absolute Gasteiger partial charge is 0.328 e. The van der Waals surface area contributed by atoms with Crippen LogP contribution in [-0.2, 0) is 25.5 Å². The first-order chi connectivity index (χ1) is 17.7. The predicted octanol–water partition coefficient (Wildman–Crippen LogP) is 3.03. The Hall–Kier alpha value is -3.77. The highest BCUT2D eigenvalue weighted by atomic mass is 32.2. The van der Waals surface area contributed by atoms with Crippen LogP contribution in [0.25, 0.3) is 6.08 Å². The minimum Gasteiger partial charge on any atom is -0.467 e. The van der Waals surface area contributed by atoms with E-state index < -0.39 is 34.8 Å². The van der Waals surface area contributed by atoms with Crippen molar-refractivity contribution < 1.29 is 37.4 Å². The molecule has 3 N–H and O–H groups in total. The Morgan fingerprint density at radius 2 is 1.92 bits per heavy atom. The largest absolute Gasteiger partial charge is 0.467 e. The van der Waals surface area contributed by atoms with Crippen molar-refractivity contribution in [2.45, 2.75) is 31.3 Å².